The molecule has 2 N–H and O–H groups in total. The predicted octanol–water partition coefficient (Wildman–Crippen LogP) is 2.09. The second-order valence-corrected chi connectivity index (χ2v) is 5.61. The van der Waals surface area contributed by atoms with Gasteiger partial charge in [-0.25, -0.2) is 9.07 Å². The number of nitrogens with zero attached hydrogens (tertiary/aromatic N) is 5. The van der Waals surface area contributed by atoms with Crippen LogP contribution in [0.1, 0.15) is 17.3 Å². The van der Waals surface area contributed by atoms with Crippen LogP contribution in [0.15, 0.2) is 27.9 Å². The SMILES string of the molecule is Cc1ccc(-c2noc(CSc3nnc(C)n3N)n2)cc1F. The van der Waals surface area contributed by atoms with Crippen LogP contribution in [0.5, 0.6) is 0 Å². The molecule has 2 heterocycles. The van der Waals surface area contributed by atoms with E-state index in [1.54, 1.807) is 26.0 Å². The van der Waals surface area contributed by atoms with Crippen molar-refractivity contribution < 1.29 is 8.91 Å². The highest BCUT2D eigenvalue weighted by molar-refractivity contribution is 7.98. The third-order valence-electron chi connectivity index (χ3n) is 3.06. The minimum Gasteiger partial charge on any atom is -0.338 e. The molecule has 114 valence electrons. The Morgan fingerprint density at radius 2 is 2.14 bits per heavy atom. The number of rotatable bonds is 4. The molecule has 2 aromatic heterocycles. The fourth-order valence-electron chi connectivity index (χ4n) is 1.74. The minimum absolute atomic E-state index is 0.301. The molecule has 0 aliphatic heterocycles. The van der Waals surface area contributed by atoms with Gasteiger partial charge in [-0.2, -0.15) is 4.98 Å². The topological polar surface area (TPSA) is 95.7 Å². The lowest BCUT2D eigenvalue weighted by Crippen LogP contribution is -2.11. The van der Waals surface area contributed by atoms with E-state index in [4.69, 9.17) is 10.4 Å². The molecule has 0 unspecified atom stereocenters. The lowest BCUT2D eigenvalue weighted by Gasteiger charge is -1.98. The smallest absolute Gasteiger partial charge is 0.237 e. The summed E-state index contributed by atoms with van der Waals surface area (Å²) < 4.78 is 20.1. The quantitative estimate of drug-likeness (QED) is 0.581. The van der Waals surface area contributed by atoms with Crippen LogP contribution in [0.25, 0.3) is 11.4 Å². The Kier molecular flexibility index (Phi) is 3.80. The zero-order valence-electron chi connectivity index (χ0n) is 11.9. The summed E-state index contributed by atoms with van der Waals surface area (Å²) in [7, 11) is 0. The van der Waals surface area contributed by atoms with Gasteiger partial charge in [-0.3, -0.25) is 0 Å². The van der Waals surface area contributed by atoms with Crippen LogP contribution < -0.4 is 5.84 Å². The van der Waals surface area contributed by atoms with E-state index in [2.05, 4.69) is 20.3 Å². The number of halogens is 1. The first kappa shape index (κ1) is 14.5. The molecule has 0 atom stereocenters. The lowest BCUT2D eigenvalue weighted by atomic mass is 10.1. The normalized spacial score (nSPS) is 11.0. The van der Waals surface area contributed by atoms with Crippen molar-refractivity contribution in [3.05, 3.63) is 41.3 Å². The van der Waals surface area contributed by atoms with Gasteiger partial charge in [0.25, 0.3) is 0 Å². The van der Waals surface area contributed by atoms with E-state index >= 15 is 0 Å². The Morgan fingerprint density at radius 1 is 1.32 bits per heavy atom. The van der Waals surface area contributed by atoms with Gasteiger partial charge in [0.15, 0.2) is 0 Å². The zero-order chi connectivity index (χ0) is 15.7. The van der Waals surface area contributed by atoms with Gasteiger partial charge in [-0.1, -0.05) is 29.1 Å². The van der Waals surface area contributed by atoms with Crippen LogP contribution in [-0.2, 0) is 5.75 Å². The molecule has 3 aromatic rings. The van der Waals surface area contributed by atoms with Crippen molar-refractivity contribution in [3.63, 3.8) is 0 Å². The average Bonchev–Trinajstić information content (AvgIpc) is 3.09. The van der Waals surface area contributed by atoms with Crippen LogP contribution in [-0.4, -0.2) is 25.0 Å². The molecule has 0 amide bonds. The van der Waals surface area contributed by atoms with Gasteiger partial charge in [-0.05, 0) is 25.5 Å². The van der Waals surface area contributed by atoms with E-state index < -0.39 is 0 Å². The third-order valence-corrected chi connectivity index (χ3v) is 3.99. The first-order chi connectivity index (χ1) is 10.5. The summed E-state index contributed by atoms with van der Waals surface area (Å²) in [6.07, 6.45) is 0. The number of aryl methyl sites for hydroxylation is 2. The van der Waals surface area contributed by atoms with Crippen molar-refractivity contribution >= 4 is 11.8 Å². The largest absolute Gasteiger partial charge is 0.338 e. The van der Waals surface area contributed by atoms with Crippen molar-refractivity contribution in [2.24, 2.45) is 0 Å². The Bertz CT molecular complexity index is 815. The van der Waals surface area contributed by atoms with E-state index in [-0.39, 0.29) is 5.82 Å². The average molecular weight is 320 g/mol. The maximum atomic E-state index is 13.6. The first-order valence-corrected chi connectivity index (χ1v) is 7.42. The molecule has 0 spiro atoms. The molecule has 0 saturated heterocycles. The molecule has 0 fully saturated rings. The molecule has 7 nitrogen and oxygen atoms in total. The van der Waals surface area contributed by atoms with E-state index in [0.29, 0.717) is 39.6 Å². The molecular formula is C13H13FN6OS. The van der Waals surface area contributed by atoms with Crippen molar-refractivity contribution in [1.29, 1.82) is 0 Å². The number of hydrogen-bond donors (Lipinski definition) is 1. The van der Waals surface area contributed by atoms with E-state index in [1.165, 1.54) is 22.5 Å². The number of thioether (sulfide) groups is 1. The molecular weight excluding hydrogens is 307 g/mol. The lowest BCUT2D eigenvalue weighted by molar-refractivity contribution is 0.391. The standard InChI is InChI=1S/C13H13FN6OS/c1-7-3-4-9(5-10(7)14)12-16-11(21-19-12)6-22-13-18-17-8(2)20(13)15/h3-5H,6,15H2,1-2H3. The fourth-order valence-corrected chi connectivity index (χ4v) is 2.48. The Balaban J connectivity index is 1.73. The summed E-state index contributed by atoms with van der Waals surface area (Å²) in [5, 5.41) is 12.2. The zero-order valence-corrected chi connectivity index (χ0v) is 12.8. The van der Waals surface area contributed by atoms with E-state index in [1.807, 2.05) is 0 Å². The summed E-state index contributed by atoms with van der Waals surface area (Å²) in [4.78, 5) is 4.24. The molecule has 9 heteroatoms. The highest BCUT2D eigenvalue weighted by atomic mass is 32.2. The van der Waals surface area contributed by atoms with Crippen LogP contribution in [0.3, 0.4) is 0 Å². The number of benzene rings is 1. The van der Waals surface area contributed by atoms with Crippen molar-refractivity contribution in [2.75, 3.05) is 5.84 Å². The molecule has 0 radical (unpaired) electrons. The van der Waals surface area contributed by atoms with Gasteiger partial charge in [0.1, 0.15) is 11.6 Å². The predicted molar refractivity (Wildman–Crippen MR) is 78.9 cm³/mol. The summed E-state index contributed by atoms with van der Waals surface area (Å²) in [6, 6.07) is 4.81. The van der Waals surface area contributed by atoms with Crippen LogP contribution in [0.2, 0.25) is 0 Å². The van der Waals surface area contributed by atoms with E-state index in [0.717, 1.165) is 0 Å². The summed E-state index contributed by atoms with van der Waals surface area (Å²) in [5.41, 5.74) is 1.14. The van der Waals surface area contributed by atoms with Crippen LogP contribution in [0, 0.1) is 19.7 Å². The van der Waals surface area contributed by atoms with Gasteiger partial charge >= 0.3 is 0 Å². The summed E-state index contributed by atoms with van der Waals surface area (Å²) in [6.45, 7) is 3.45. The van der Waals surface area contributed by atoms with E-state index in [9.17, 15) is 4.39 Å². The minimum atomic E-state index is -0.301. The highest BCUT2D eigenvalue weighted by Gasteiger charge is 2.13. The fraction of sp³-hybridized carbons (Fsp3) is 0.231. The Morgan fingerprint density at radius 3 is 2.82 bits per heavy atom. The molecule has 0 aliphatic carbocycles. The number of nitrogens with two attached hydrogens (primary N) is 1. The number of nitrogen functional groups attached to an aromatic ring is 1. The van der Waals surface area contributed by atoms with Gasteiger partial charge in [0.2, 0.25) is 16.9 Å². The second-order valence-electron chi connectivity index (χ2n) is 4.66. The Hall–Kier alpha value is -2.42. The van der Waals surface area contributed by atoms with Crippen molar-refractivity contribution in [1.82, 2.24) is 25.0 Å². The van der Waals surface area contributed by atoms with Crippen LogP contribution >= 0.6 is 11.8 Å². The van der Waals surface area contributed by atoms with Gasteiger partial charge in [-0.15, -0.1) is 10.2 Å². The number of hydrogen-bond acceptors (Lipinski definition) is 7. The molecule has 0 aliphatic rings. The molecule has 0 bridgehead atoms. The molecule has 0 saturated carbocycles. The van der Waals surface area contributed by atoms with Gasteiger partial charge in [0.05, 0.1) is 5.75 Å². The van der Waals surface area contributed by atoms with Crippen LogP contribution in [0.4, 0.5) is 4.39 Å². The molecule has 3 rings (SSSR count). The summed E-state index contributed by atoms with van der Waals surface area (Å²) >= 11 is 1.33. The molecule has 22 heavy (non-hydrogen) atoms. The second kappa shape index (κ2) is 5.76. The molecule has 1 aromatic carbocycles. The van der Waals surface area contributed by atoms with Gasteiger partial charge in [0, 0.05) is 5.56 Å². The van der Waals surface area contributed by atoms with Crippen molar-refractivity contribution in [2.45, 2.75) is 24.8 Å². The highest BCUT2D eigenvalue weighted by Crippen LogP contribution is 2.23. The monoisotopic (exact) mass is 320 g/mol. The first-order valence-electron chi connectivity index (χ1n) is 6.43. The van der Waals surface area contributed by atoms with Gasteiger partial charge < -0.3 is 10.4 Å². The summed E-state index contributed by atoms with van der Waals surface area (Å²) in [5.74, 6) is 7.22. The maximum absolute atomic E-state index is 13.6. The third kappa shape index (κ3) is 2.80. The van der Waals surface area contributed by atoms with Crippen molar-refractivity contribution in [3.8, 4) is 11.4 Å². The number of aromatic nitrogens is 5. The maximum Gasteiger partial charge on any atom is 0.237 e. The Labute approximate surface area is 129 Å².